The molecule has 1 aromatic heterocycles. The first-order chi connectivity index (χ1) is 11.2. The molecule has 0 aliphatic carbocycles. The first kappa shape index (κ1) is 17.3. The van der Waals surface area contributed by atoms with Crippen molar-refractivity contribution in [3.63, 3.8) is 0 Å². The Labute approximate surface area is 138 Å². The number of hydrogen-bond donors (Lipinski definition) is 2. The number of benzene rings is 1. The van der Waals surface area contributed by atoms with Crippen LogP contribution in [0.1, 0.15) is 32.2 Å². The normalized spacial score (nSPS) is 12.4. The fourth-order valence-electron chi connectivity index (χ4n) is 2.03. The van der Waals surface area contributed by atoms with Crippen LogP contribution in [0.25, 0.3) is 11.1 Å². The van der Waals surface area contributed by atoms with Crippen molar-refractivity contribution >= 4 is 23.2 Å². The van der Waals surface area contributed by atoms with E-state index in [2.05, 4.69) is 10.3 Å². The molecule has 24 heavy (non-hydrogen) atoms. The third kappa shape index (κ3) is 4.46. The van der Waals surface area contributed by atoms with E-state index in [9.17, 15) is 14.7 Å². The zero-order chi connectivity index (χ0) is 17.9. The molecule has 0 aliphatic rings. The van der Waals surface area contributed by atoms with Gasteiger partial charge in [0.1, 0.15) is 17.2 Å². The molecule has 2 aromatic rings. The highest BCUT2D eigenvalue weighted by Gasteiger charge is 2.24. The Kier molecular flexibility index (Phi) is 4.74. The molecule has 1 atom stereocenters. The number of amides is 1. The van der Waals surface area contributed by atoms with Gasteiger partial charge in [-0.25, -0.2) is 9.59 Å². The van der Waals surface area contributed by atoms with E-state index < -0.39 is 23.7 Å². The van der Waals surface area contributed by atoms with Gasteiger partial charge in [-0.1, -0.05) is 6.07 Å². The number of carbonyl (C=O) groups is 2. The van der Waals surface area contributed by atoms with Gasteiger partial charge in [0.25, 0.3) is 0 Å². The van der Waals surface area contributed by atoms with E-state index in [0.717, 1.165) is 0 Å². The minimum atomic E-state index is -1.18. The molecule has 0 saturated carbocycles. The third-order valence-electron chi connectivity index (χ3n) is 2.98. The zero-order valence-electron chi connectivity index (χ0n) is 13.5. The molecule has 0 aliphatic heterocycles. The van der Waals surface area contributed by atoms with E-state index in [4.69, 9.17) is 14.4 Å². The van der Waals surface area contributed by atoms with E-state index in [1.54, 1.807) is 45.0 Å². The summed E-state index contributed by atoms with van der Waals surface area (Å²) in [5.74, 6) is -1.25. The van der Waals surface area contributed by atoms with Gasteiger partial charge in [0.05, 0.1) is 0 Å². The average Bonchev–Trinajstić information content (AvgIpc) is 2.86. The number of alkyl carbamates (subject to hydrolysis) is 1. The van der Waals surface area contributed by atoms with Gasteiger partial charge in [0.2, 0.25) is 0 Å². The predicted molar refractivity (Wildman–Crippen MR) is 83.2 cm³/mol. The van der Waals surface area contributed by atoms with Crippen LogP contribution in [0.4, 0.5) is 4.79 Å². The molecule has 8 heteroatoms. The van der Waals surface area contributed by atoms with Gasteiger partial charge in [0, 0.05) is 6.42 Å². The topological polar surface area (TPSA) is 125 Å². The molecule has 1 amide bonds. The summed E-state index contributed by atoms with van der Waals surface area (Å²) in [5, 5.41) is 20.4. The number of nitriles is 1. The van der Waals surface area contributed by atoms with Crippen LogP contribution in [0.15, 0.2) is 22.6 Å². The van der Waals surface area contributed by atoms with Crippen molar-refractivity contribution in [2.24, 2.45) is 0 Å². The van der Waals surface area contributed by atoms with Crippen molar-refractivity contribution in [2.75, 3.05) is 0 Å². The van der Waals surface area contributed by atoms with Crippen LogP contribution in [-0.2, 0) is 16.0 Å². The van der Waals surface area contributed by atoms with E-state index in [1.165, 1.54) is 0 Å². The van der Waals surface area contributed by atoms with Crippen LogP contribution in [0.5, 0.6) is 0 Å². The van der Waals surface area contributed by atoms with Crippen molar-refractivity contribution in [2.45, 2.75) is 38.8 Å². The number of aromatic nitrogens is 1. The van der Waals surface area contributed by atoms with Crippen LogP contribution in [-0.4, -0.2) is 33.8 Å². The lowest BCUT2D eigenvalue weighted by molar-refractivity contribution is -0.139. The number of nitrogens with one attached hydrogen (secondary N) is 1. The maximum absolute atomic E-state index is 11.8. The summed E-state index contributed by atoms with van der Waals surface area (Å²) in [6, 6.07) is 5.53. The zero-order valence-corrected chi connectivity index (χ0v) is 13.5. The summed E-state index contributed by atoms with van der Waals surface area (Å²) in [6.07, 6.45) is -0.768. The smallest absolute Gasteiger partial charge is 0.408 e. The molecule has 0 fully saturated rings. The van der Waals surface area contributed by atoms with Crippen molar-refractivity contribution < 1.29 is 23.8 Å². The lowest BCUT2D eigenvalue weighted by atomic mass is 10.1. The average molecular weight is 331 g/mol. The maximum Gasteiger partial charge on any atom is 0.408 e. The SMILES string of the molecule is CC(C)(C)OC(=O)NC(Cc1ccc2nc(C#N)oc2c1)C(=O)O. The third-order valence-corrected chi connectivity index (χ3v) is 2.98. The maximum atomic E-state index is 11.8. The largest absolute Gasteiger partial charge is 0.480 e. The minimum Gasteiger partial charge on any atom is -0.480 e. The number of carboxylic acids is 1. The van der Waals surface area contributed by atoms with Gasteiger partial charge in [-0.05, 0) is 38.5 Å². The summed E-state index contributed by atoms with van der Waals surface area (Å²) < 4.78 is 10.3. The van der Waals surface area contributed by atoms with Crippen LogP contribution in [0.2, 0.25) is 0 Å². The Balaban J connectivity index is 2.14. The number of hydrogen-bond acceptors (Lipinski definition) is 6. The number of carboxylic acid groups (broad SMARTS) is 1. The van der Waals surface area contributed by atoms with Gasteiger partial charge in [-0.2, -0.15) is 10.2 Å². The highest BCUT2D eigenvalue weighted by Crippen LogP contribution is 2.18. The fraction of sp³-hybridized carbons (Fsp3) is 0.375. The second kappa shape index (κ2) is 6.58. The molecular formula is C16H17N3O5. The number of ether oxygens (including phenoxy) is 1. The van der Waals surface area contributed by atoms with Gasteiger partial charge in [0.15, 0.2) is 11.7 Å². The van der Waals surface area contributed by atoms with Crippen LogP contribution in [0.3, 0.4) is 0 Å². The molecular weight excluding hydrogens is 314 g/mol. The molecule has 0 spiro atoms. The highest BCUT2D eigenvalue weighted by molar-refractivity contribution is 5.81. The number of nitrogens with zero attached hydrogens (tertiary/aromatic N) is 2. The Morgan fingerprint density at radius 1 is 1.46 bits per heavy atom. The monoisotopic (exact) mass is 331 g/mol. The Bertz CT molecular complexity index is 813. The first-order valence-electron chi connectivity index (χ1n) is 7.20. The second-order valence-corrected chi connectivity index (χ2v) is 6.17. The van der Waals surface area contributed by atoms with Crippen molar-refractivity contribution in [3.8, 4) is 6.07 Å². The number of carbonyl (C=O) groups excluding carboxylic acids is 1. The lowest BCUT2D eigenvalue weighted by Gasteiger charge is -2.22. The van der Waals surface area contributed by atoms with Gasteiger partial charge in [-0.15, -0.1) is 0 Å². The lowest BCUT2D eigenvalue weighted by Crippen LogP contribution is -2.44. The molecule has 1 heterocycles. The number of fused-ring (bicyclic) bond motifs is 1. The van der Waals surface area contributed by atoms with Crippen LogP contribution < -0.4 is 5.32 Å². The fourth-order valence-corrected chi connectivity index (χ4v) is 2.03. The van der Waals surface area contributed by atoms with Gasteiger partial charge < -0.3 is 19.6 Å². The first-order valence-corrected chi connectivity index (χ1v) is 7.20. The summed E-state index contributed by atoms with van der Waals surface area (Å²) in [5.41, 5.74) is 0.777. The summed E-state index contributed by atoms with van der Waals surface area (Å²) in [7, 11) is 0. The molecule has 0 saturated heterocycles. The standard InChI is InChI=1S/C16H17N3O5/c1-16(2,3)24-15(22)19-11(14(20)21)6-9-4-5-10-12(7-9)23-13(8-17)18-10/h4-5,7,11H,6H2,1-3H3,(H,19,22)(H,20,21). The molecule has 8 nitrogen and oxygen atoms in total. The van der Waals surface area contributed by atoms with Gasteiger partial charge in [-0.3, -0.25) is 0 Å². The molecule has 2 rings (SSSR count). The Morgan fingerprint density at radius 2 is 2.17 bits per heavy atom. The molecule has 1 unspecified atom stereocenters. The van der Waals surface area contributed by atoms with Crippen molar-refractivity contribution in [1.29, 1.82) is 5.26 Å². The van der Waals surface area contributed by atoms with E-state index in [-0.39, 0.29) is 12.3 Å². The Morgan fingerprint density at radius 3 is 2.75 bits per heavy atom. The summed E-state index contributed by atoms with van der Waals surface area (Å²) in [4.78, 5) is 27.1. The molecule has 0 radical (unpaired) electrons. The quantitative estimate of drug-likeness (QED) is 0.879. The van der Waals surface area contributed by atoms with Gasteiger partial charge >= 0.3 is 18.0 Å². The minimum absolute atomic E-state index is 0.0348. The van der Waals surface area contributed by atoms with Crippen molar-refractivity contribution in [3.05, 3.63) is 29.7 Å². The molecule has 0 bridgehead atoms. The highest BCUT2D eigenvalue weighted by atomic mass is 16.6. The summed E-state index contributed by atoms with van der Waals surface area (Å²) >= 11 is 0. The molecule has 2 N–H and O–H groups in total. The van der Waals surface area contributed by atoms with E-state index in [1.807, 2.05) is 0 Å². The number of oxazole rings is 1. The van der Waals surface area contributed by atoms with Crippen molar-refractivity contribution in [1.82, 2.24) is 10.3 Å². The van der Waals surface area contributed by atoms with Crippen LogP contribution >= 0.6 is 0 Å². The number of rotatable bonds is 4. The predicted octanol–water partition coefficient (Wildman–Crippen LogP) is 2.22. The van der Waals surface area contributed by atoms with E-state index >= 15 is 0 Å². The second-order valence-electron chi connectivity index (χ2n) is 6.17. The van der Waals surface area contributed by atoms with E-state index in [0.29, 0.717) is 16.7 Å². The Hall–Kier alpha value is -3.08. The number of aliphatic carboxylic acids is 1. The molecule has 1 aromatic carbocycles. The summed E-state index contributed by atoms with van der Waals surface area (Å²) in [6.45, 7) is 5.06. The molecule has 126 valence electrons. The van der Waals surface area contributed by atoms with Crippen LogP contribution in [0, 0.1) is 11.3 Å².